The molecule has 23 heavy (non-hydrogen) atoms. The molecule has 3 rings (SSSR count). The average molecular weight is 338 g/mol. The molecule has 0 fully saturated rings. The highest BCUT2D eigenvalue weighted by Gasteiger charge is 2.16. The van der Waals surface area contributed by atoms with E-state index in [9.17, 15) is 13.6 Å². The van der Waals surface area contributed by atoms with Crippen LogP contribution in [0.1, 0.15) is 10.6 Å². The second-order valence-corrected chi connectivity index (χ2v) is 5.06. The fourth-order valence-electron chi connectivity index (χ4n) is 2.08. The molecule has 0 radical (unpaired) electrons. The molecule has 7 heteroatoms. The summed E-state index contributed by atoms with van der Waals surface area (Å²) in [6.07, 6.45) is 0. The monoisotopic (exact) mass is 337 g/mol. The molecule has 0 aliphatic heterocycles. The van der Waals surface area contributed by atoms with E-state index in [1.54, 1.807) is 24.3 Å². The average Bonchev–Trinajstić information content (AvgIpc) is 2.92. The summed E-state index contributed by atoms with van der Waals surface area (Å²) in [7, 11) is 0. The number of para-hydroxylation sites is 2. The molecule has 0 aliphatic carbocycles. The van der Waals surface area contributed by atoms with Crippen LogP contribution in [-0.4, -0.2) is 12.5 Å². The summed E-state index contributed by atoms with van der Waals surface area (Å²) in [4.78, 5) is 12.2. The van der Waals surface area contributed by atoms with E-state index in [-0.39, 0.29) is 17.2 Å². The highest BCUT2D eigenvalue weighted by atomic mass is 35.5. The number of ether oxygens (including phenoxy) is 1. The molecule has 0 spiro atoms. The predicted octanol–water partition coefficient (Wildman–Crippen LogP) is 4.94. The van der Waals surface area contributed by atoms with Gasteiger partial charge in [-0.25, -0.2) is 0 Å². The Bertz CT molecular complexity index is 863. The number of halogens is 3. The van der Waals surface area contributed by atoms with Crippen molar-refractivity contribution in [1.82, 2.24) is 0 Å². The molecule has 1 amide bonds. The van der Waals surface area contributed by atoms with Crippen LogP contribution in [0.25, 0.3) is 11.0 Å². The van der Waals surface area contributed by atoms with Crippen molar-refractivity contribution in [3.8, 4) is 5.75 Å². The minimum Gasteiger partial charge on any atom is -0.451 e. The molecule has 0 aliphatic rings. The molecule has 4 nitrogen and oxygen atoms in total. The van der Waals surface area contributed by atoms with E-state index in [2.05, 4.69) is 10.1 Å². The minimum atomic E-state index is -2.98. The van der Waals surface area contributed by atoms with Crippen molar-refractivity contribution in [2.75, 3.05) is 5.32 Å². The molecule has 0 atom stereocenters. The number of rotatable bonds is 4. The Morgan fingerprint density at radius 1 is 1.17 bits per heavy atom. The molecule has 0 saturated heterocycles. The minimum absolute atomic E-state index is 0.0362. The van der Waals surface area contributed by atoms with Gasteiger partial charge < -0.3 is 14.5 Å². The predicted molar refractivity (Wildman–Crippen MR) is 82.3 cm³/mol. The lowest BCUT2D eigenvalue weighted by Crippen LogP contribution is -2.13. The van der Waals surface area contributed by atoms with Gasteiger partial charge in [-0.1, -0.05) is 23.7 Å². The van der Waals surface area contributed by atoms with Gasteiger partial charge >= 0.3 is 6.61 Å². The van der Waals surface area contributed by atoms with Crippen LogP contribution in [0.4, 0.5) is 14.5 Å². The first-order valence-electron chi connectivity index (χ1n) is 6.57. The van der Waals surface area contributed by atoms with Crippen LogP contribution in [0.3, 0.4) is 0 Å². The standard InChI is InChI=1S/C16H10ClF2NO3/c17-10-5-6-12-9(7-10)8-14(22-12)15(21)20-11-3-1-2-4-13(11)23-16(18)19/h1-8,16H,(H,20,21). The van der Waals surface area contributed by atoms with Crippen molar-refractivity contribution in [2.45, 2.75) is 6.61 Å². The number of nitrogens with one attached hydrogen (secondary N) is 1. The van der Waals surface area contributed by atoms with Crippen molar-refractivity contribution in [3.63, 3.8) is 0 Å². The smallest absolute Gasteiger partial charge is 0.387 e. The third-order valence-corrected chi connectivity index (χ3v) is 3.29. The van der Waals surface area contributed by atoms with Crippen LogP contribution in [0.5, 0.6) is 5.75 Å². The molecule has 0 unspecified atom stereocenters. The maximum absolute atomic E-state index is 12.4. The zero-order valence-electron chi connectivity index (χ0n) is 11.6. The largest absolute Gasteiger partial charge is 0.451 e. The van der Waals surface area contributed by atoms with E-state index in [0.29, 0.717) is 16.0 Å². The molecule has 0 saturated carbocycles. The number of hydrogen-bond donors (Lipinski definition) is 1. The maximum Gasteiger partial charge on any atom is 0.387 e. The van der Waals surface area contributed by atoms with Gasteiger partial charge in [0.1, 0.15) is 11.3 Å². The number of fused-ring (bicyclic) bond motifs is 1. The van der Waals surface area contributed by atoms with E-state index in [0.717, 1.165) is 0 Å². The normalized spacial score (nSPS) is 11.0. The van der Waals surface area contributed by atoms with Gasteiger partial charge in [-0.3, -0.25) is 4.79 Å². The van der Waals surface area contributed by atoms with Crippen LogP contribution in [-0.2, 0) is 0 Å². The summed E-state index contributed by atoms with van der Waals surface area (Å²) in [5, 5.41) is 3.66. The second kappa shape index (κ2) is 6.26. The number of furan rings is 1. The van der Waals surface area contributed by atoms with Gasteiger partial charge in [-0.15, -0.1) is 0 Å². The summed E-state index contributed by atoms with van der Waals surface area (Å²) < 4.78 is 34.5. The summed E-state index contributed by atoms with van der Waals surface area (Å²) in [5.74, 6) is -0.674. The molecule has 1 N–H and O–H groups in total. The van der Waals surface area contributed by atoms with Crippen LogP contribution < -0.4 is 10.1 Å². The molecule has 0 bridgehead atoms. The molecule has 1 aromatic heterocycles. The van der Waals surface area contributed by atoms with Gasteiger partial charge in [0.25, 0.3) is 5.91 Å². The highest BCUT2D eigenvalue weighted by molar-refractivity contribution is 6.31. The second-order valence-electron chi connectivity index (χ2n) is 4.62. The number of hydrogen-bond acceptors (Lipinski definition) is 3. The zero-order chi connectivity index (χ0) is 16.4. The molecular formula is C16H10ClF2NO3. The number of alkyl halides is 2. The Hall–Kier alpha value is -2.60. The Balaban J connectivity index is 1.86. The lowest BCUT2D eigenvalue weighted by Gasteiger charge is -2.10. The topological polar surface area (TPSA) is 51.5 Å². The van der Waals surface area contributed by atoms with Gasteiger partial charge in [0.15, 0.2) is 5.76 Å². The van der Waals surface area contributed by atoms with E-state index < -0.39 is 12.5 Å². The number of carbonyl (C=O) groups excluding carboxylic acids is 1. The maximum atomic E-state index is 12.4. The van der Waals surface area contributed by atoms with E-state index in [1.807, 2.05) is 0 Å². The third kappa shape index (κ3) is 3.43. The lowest BCUT2D eigenvalue weighted by atomic mass is 10.2. The van der Waals surface area contributed by atoms with Gasteiger partial charge in [0, 0.05) is 10.4 Å². The Labute approximate surface area is 134 Å². The van der Waals surface area contributed by atoms with Crippen molar-refractivity contribution >= 4 is 34.2 Å². The van der Waals surface area contributed by atoms with Crippen molar-refractivity contribution in [2.24, 2.45) is 0 Å². The molecular weight excluding hydrogens is 328 g/mol. The first kappa shape index (κ1) is 15.3. The molecule has 2 aromatic carbocycles. The van der Waals surface area contributed by atoms with E-state index >= 15 is 0 Å². The fraction of sp³-hybridized carbons (Fsp3) is 0.0625. The van der Waals surface area contributed by atoms with E-state index in [4.69, 9.17) is 16.0 Å². The summed E-state index contributed by atoms with van der Waals surface area (Å²) >= 11 is 5.88. The van der Waals surface area contributed by atoms with Gasteiger partial charge in [0.2, 0.25) is 0 Å². The first-order chi connectivity index (χ1) is 11.0. The first-order valence-corrected chi connectivity index (χ1v) is 6.95. The molecule has 1 heterocycles. The van der Waals surface area contributed by atoms with Crippen LogP contribution in [0, 0.1) is 0 Å². The van der Waals surface area contributed by atoms with Crippen LogP contribution in [0.2, 0.25) is 5.02 Å². The van der Waals surface area contributed by atoms with Crippen molar-refractivity contribution in [1.29, 1.82) is 0 Å². The Morgan fingerprint density at radius 2 is 1.96 bits per heavy atom. The van der Waals surface area contributed by atoms with Crippen LogP contribution in [0.15, 0.2) is 52.9 Å². The van der Waals surface area contributed by atoms with Crippen molar-refractivity contribution in [3.05, 3.63) is 59.3 Å². The Kier molecular flexibility index (Phi) is 4.16. The van der Waals surface area contributed by atoms with Crippen LogP contribution >= 0.6 is 11.6 Å². The Morgan fingerprint density at radius 3 is 2.74 bits per heavy atom. The quantitative estimate of drug-likeness (QED) is 0.733. The summed E-state index contributed by atoms with van der Waals surface area (Å²) in [6, 6.07) is 12.4. The number of anilines is 1. The van der Waals surface area contributed by atoms with Crippen molar-refractivity contribution < 1.29 is 22.7 Å². The number of carbonyl (C=O) groups is 1. The van der Waals surface area contributed by atoms with Gasteiger partial charge in [-0.2, -0.15) is 8.78 Å². The summed E-state index contributed by atoms with van der Waals surface area (Å²) in [5.41, 5.74) is 0.618. The number of amides is 1. The van der Waals surface area contributed by atoms with Gasteiger partial charge in [-0.05, 0) is 36.4 Å². The van der Waals surface area contributed by atoms with Gasteiger partial charge in [0.05, 0.1) is 5.69 Å². The lowest BCUT2D eigenvalue weighted by molar-refractivity contribution is -0.0493. The SMILES string of the molecule is O=C(Nc1ccccc1OC(F)F)c1cc2cc(Cl)ccc2o1. The van der Waals surface area contributed by atoms with E-state index in [1.165, 1.54) is 24.3 Å². The molecule has 118 valence electrons. The summed E-state index contributed by atoms with van der Waals surface area (Å²) in [6.45, 7) is -2.98. The third-order valence-electron chi connectivity index (χ3n) is 3.05. The number of benzene rings is 2. The zero-order valence-corrected chi connectivity index (χ0v) is 12.3. The highest BCUT2D eigenvalue weighted by Crippen LogP contribution is 2.27. The molecule has 3 aromatic rings. The fourth-order valence-corrected chi connectivity index (χ4v) is 2.26.